The van der Waals surface area contributed by atoms with Gasteiger partial charge in [-0.2, -0.15) is 0 Å². The van der Waals surface area contributed by atoms with Crippen LogP contribution in [0, 0.1) is 0 Å². The Morgan fingerprint density at radius 3 is 2.77 bits per heavy atom. The first-order valence-electron chi connectivity index (χ1n) is 8.71. The second kappa shape index (κ2) is 6.83. The Bertz CT molecular complexity index is 926. The summed E-state index contributed by atoms with van der Waals surface area (Å²) in [6.45, 7) is 12.6. The average molecular weight is 351 g/mol. The fraction of sp³-hybridized carbons (Fsp3) is 0.333. The summed E-state index contributed by atoms with van der Waals surface area (Å²) in [5, 5.41) is 3.18. The Labute approximate surface area is 154 Å². The number of methoxy groups -OCH3 is 1. The number of nitrogens with one attached hydrogen (secondary N) is 1. The number of hydrogen-bond acceptors (Lipinski definition) is 4. The van der Waals surface area contributed by atoms with E-state index in [4.69, 9.17) is 9.72 Å². The van der Waals surface area contributed by atoms with Gasteiger partial charge in [0.05, 0.1) is 12.8 Å². The Morgan fingerprint density at radius 2 is 2.12 bits per heavy atom. The van der Waals surface area contributed by atoms with E-state index in [1.807, 2.05) is 18.2 Å². The third-order valence-corrected chi connectivity index (χ3v) is 4.76. The first kappa shape index (κ1) is 18.0. The molecule has 0 saturated heterocycles. The first-order valence-corrected chi connectivity index (χ1v) is 8.71. The zero-order chi connectivity index (χ0) is 18.9. The van der Waals surface area contributed by atoms with Crippen molar-refractivity contribution in [1.82, 2.24) is 9.55 Å². The van der Waals surface area contributed by atoms with Crippen molar-refractivity contribution in [3.63, 3.8) is 0 Å². The lowest BCUT2D eigenvalue weighted by molar-refractivity contribution is 0.413. The Kier molecular flexibility index (Phi) is 4.72. The lowest BCUT2D eigenvalue weighted by Crippen LogP contribution is -2.38. The zero-order valence-electron chi connectivity index (χ0n) is 15.6. The van der Waals surface area contributed by atoms with Crippen molar-refractivity contribution in [2.24, 2.45) is 0 Å². The van der Waals surface area contributed by atoms with Crippen LogP contribution in [0.1, 0.15) is 25.0 Å². The maximum atomic E-state index is 13.3. The van der Waals surface area contributed by atoms with Gasteiger partial charge in [0.1, 0.15) is 5.75 Å². The van der Waals surface area contributed by atoms with E-state index in [9.17, 15) is 4.79 Å². The third kappa shape index (κ3) is 2.94. The second-order valence-electron chi connectivity index (χ2n) is 7.12. The van der Waals surface area contributed by atoms with Gasteiger partial charge in [0.15, 0.2) is 0 Å². The molecule has 0 saturated carbocycles. The highest BCUT2D eigenvalue weighted by Crippen LogP contribution is 2.41. The zero-order valence-corrected chi connectivity index (χ0v) is 15.6. The smallest absolute Gasteiger partial charge is 0.259 e. The van der Waals surface area contributed by atoms with Crippen LogP contribution in [0.15, 0.2) is 48.3 Å². The van der Waals surface area contributed by atoms with E-state index in [1.165, 1.54) is 0 Å². The molecule has 26 heavy (non-hydrogen) atoms. The summed E-state index contributed by atoms with van der Waals surface area (Å²) in [4.78, 5) is 18.2. The van der Waals surface area contributed by atoms with Crippen molar-refractivity contribution in [1.29, 1.82) is 0 Å². The van der Waals surface area contributed by atoms with Crippen LogP contribution in [0.2, 0.25) is 0 Å². The standard InChI is InChI=1S/C21H25N3O2/c1-6-10-22-20-23-18-16-9-8-15(26-5)12-14(16)13-21(3,4)17(18)19(25)24(20)11-7-2/h6-9,12H,1-2,10-11,13H2,3-5H3,(H,22,23). The number of rotatable bonds is 6. The molecule has 5 heteroatoms. The molecule has 1 aromatic carbocycles. The average Bonchev–Trinajstić information content (AvgIpc) is 2.61. The van der Waals surface area contributed by atoms with Crippen LogP contribution in [0.3, 0.4) is 0 Å². The molecule has 1 heterocycles. The van der Waals surface area contributed by atoms with Gasteiger partial charge in [0.25, 0.3) is 5.56 Å². The van der Waals surface area contributed by atoms with Gasteiger partial charge in [-0.3, -0.25) is 9.36 Å². The fourth-order valence-corrected chi connectivity index (χ4v) is 3.60. The highest BCUT2D eigenvalue weighted by atomic mass is 16.5. The predicted molar refractivity (Wildman–Crippen MR) is 106 cm³/mol. The number of anilines is 1. The molecule has 0 spiro atoms. The summed E-state index contributed by atoms with van der Waals surface area (Å²) in [6, 6.07) is 5.94. The Morgan fingerprint density at radius 1 is 1.35 bits per heavy atom. The minimum atomic E-state index is -0.321. The normalized spacial score (nSPS) is 14.1. The van der Waals surface area contributed by atoms with Gasteiger partial charge < -0.3 is 10.1 Å². The Balaban J connectivity index is 2.30. The summed E-state index contributed by atoms with van der Waals surface area (Å²) in [5.74, 6) is 1.35. The molecule has 136 valence electrons. The van der Waals surface area contributed by atoms with Crippen LogP contribution >= 0.6 is 0 Å². The highest BCUT2D eigenvalue weighted by Gasteiger charge is 2.36. The molecular weight excluding hydrogens is 326 g/mol. The molecule has 2 aromatic rings. The number of hydrogen-bond donors (Lipinski definition) is 1. The lowest BCUT2D eigenvalue weighted by Gasteiger charge is -2.33. The van der Waals surface area contributed by atoms with Crippen molar-refractivity contribution in [3.8, 4) is 17.0 Å². The number of aromatic nitrogens is 2. The van der Waals surface area contributed by atoms with E-state index in [1.54, 1.807) is 23.8 Å². The van der Waals surface area contributed by atoms with E-state index in [0.717, 1.165) is 34.6 Å². The SMILES string of the molecule is C=CCNc1nc2c(c(=O)n1CC=C)C(C)(C)Cc1cc(OC)ccc1-2. The quantitative estimate of drug-likeness (QED) is 0.809. The maximum absolute atomic E-state index is 13.3. The molecule has 0 unspecified atom stereocenters. The van der Waals surface area contributed by atoms with Gasteiger partial charge in [-0.1, -0.05) is 26.0 Å². The largest absolute Gasteiger partial charge is 0.497 e. The molecule has 1 aromatic heterocycles. The molecule has 1 aliphatic carbocycles. The van der Waals surface area contributed by atoms with Crippen molar-refractivity contribution in [2.45, 2.75) is 32.2 Å². The maximum Gasteiger partial charge on any atom is 0.259 e. The van der Waals surface area contributed by atoms with Crippen LogP contribution in [-0.4, -0.2) is 23.2 Å². The molecule has 1 N–H and O–H groups in total. The van der Waals surface area contributed by atoms with E-state index < -0.39 is 0 Å². The third-order valence-electron chi connectivity index (χ3n) is 4.76. The first-order chi connectivity index (χ1) is 12.4. The van der Waals surface area contributed by atoms with Gasteiger partial charge in [-0.15, -0.1) is 13.2 Å². The summed E-state index contributed by atoms with van der Waals surface area (Å²) in [5.41, 5.74) is 3.29. The molecule has 1 aliphatic rings. The number of nitrogens with zero attached hydrogens (tertiary/aromatic N) is 2. The van der Waals surface area contributed by atoms with Crippen LogP contribution in [0.4, 0.5) is 5.95 Å². The van der Waals surface area contributed by atoms with Gasteiger partial charge in [-0.25, -0.2) is 4.98 Å². The van der Waals surface area contributed by atoms with Gasteiger partial charge in [0.2, 0.25) is 5.95 Å². The van der Waals surface area contributed by atoms with Crippen LogP contribution in [0.25, 0.3) is 11.3 Å². The molecular formula is C21H25N3O2. The van der Waals surface area contributed by atoms with Gasteiger partial charge >= 0.3 is 0 Å². The molecule has 0 radical (unpaired) electrons. The van der Waals surface area contributed by atoms with Crippen LogP contribution in [-0.2, 0) is 18.4 Å². The monoisotopic (exact) mass is 351 g/mol. The summed E-state index contributed by atoms with van der Waals surface area (Å²) in [6.07, 6.45) is 4.22. The number of benzene rings is 1. The van der Waals surface area contributed by atoms with Gasteiger partial charge in [-0.05, 0) is 30.2 Å². The minimum Gasteiger partial charge on any atom is -0.497 e. The Hall–Kier alpha value is -2.82. The number of allylic oxidation sites excluding steroid dienone is 1. The highest BCUT2D eigenvalue weighted by molar-refractivity contribution is 5.73. The van der Waals surface area contributed by atoms with Crippen molar-refractivity contribution in [3.05, 3.63) is 65.0 Å². The molecule has 0 bridgehead atoms. The second-order valence-corrected chi connectivity index (χ2v) is 7.12. The van der Waals surface area contributed by atoms with Crippen LogP contribution < -0.4 is 15.6 Å². The van der Waals surface area contributed by atoms with Gasteiger partial charge in [0, 0.05) is 29.6 Å². The summed E-state index contributed by atoms with van der Waals surface area (Å²) >= 11 is 0. The van der Waals surface area contributed by atoms with Crippen molar-refractivity contribution >= 4 is 5.95 Å². The van der Waals surface area contributed by atoms with E-state index in [2.05, 4.69) is 32.3 Å². The van der Waals surface area contributed by atoms with E-state index in [0.29, 0.717) is 19.0 Å². The molecule has 0 aliphatic heterocycles. The molecule has 0 amide bonds. The minimum absolute atomic E-state index is 0.0204. The van der Waals surface area contributed by atoms with Crippen LogP contribution in [0.5, 0.6) is 5.75 Å². The molecule has 3 rings (SSSR count). The molecule has 0 fully saturated rings. The van der Waals surface area contributed by atoms with Crippen molar-refractivity contribution in [2.75, 3.05) is 19.0 Å². The lowest BCUT2D eigenvalue weighted by atomic mass is 9.72. The van der Waals surface area contributed by atoms with E-state index >= 15 is 0 Å². The fourth-order valence-electron chi connectivity index (χ4n) is 3.60. The summed E-state index contributed by atoms with van der Waals surface area (Å²) < 4.78 is 7.01. The topological polar surface area (TPSA) is 56.2 Å². The molecule has 0 atom stereocenters. The summed E-state index contributed by atoms with van der Waals surface area (Å²) in [7, 11) is 1.66. The number of ether oxygens (including phenoxy) is 1. The molecule has 5 nitrogen and oxygen atoms in total. The van der Waals surface area contributed by atoms with E-state index in [-0.39, 0.29) is 11.0 Å². The number of fused-ring (bicyclic) bond motifs is 3. The van der Waals surface area contributed by atoms with Crippen molar-refractivity contribution < 1.29 is 4.74 Å². The predicted octanol–water partition coefficient (Wildman–Crippen LogP) is 3.54.